The molecule has 0 bridgehead atoms. The Kier molecular flexibility index (Phi) is 7.70. The molecule has 2 aromatic carbocycles. The van der Waals surface area contributed by atoms with E-state index in [1.807, 2.05) is 6.92 Å². The molecule has 0 unspecified atom stereocenters. The first-order valence-electron chi connectivity index (χ1n) is 15.3. The summed E-state index contributed by atoms with van der Waals surface area (Å²) < 4.78 is 25.9. The van der Waals surface area contributed by atoms with E-state index in [0.29, 0.717) is 24.9 Å². The summed E-state index contributed by atoms with van der Waals surface area (Å²) in [5.41, 5.74) is 2.40. The number of ether oxygens (including phenoxy) is 2. The standard InChI is InChI=1S/C33H42FN3O4/c1-4-16-40-28-18-23(17-27(39-5-2)30(28)24-8-10-26(34)11-9-24)20-36-21-33(22-36)19-29(35-41-33)37-14-12-32(3,13-15-37)31(38)25-6-7-25/h8-11,17-18,25H,4-7,12-16,19-22H2,1-3H3. The third-order valence-electron chi connectivity index (χ3n) is 9.05. The second kappa shape index (κ2) is 11.3. The average Bonchev–Trinajstić information content (AvgIpc) is 3.71. The Balaban J connectivity index is 1.09. The first-order valence-corrected chi connectivity index (χ1v) is 15.3. The van der Waals surface area contributed by atoms with E-state index in [9.17, 15) is 9.18 Å². The summed E-state index contributed by atoms with van der Waals surface area (Å²) in [5, 5.41) is 4.52. The van der Waals surface area contributed by atoms with Crippen LogP contribution in [-0.2, 0) is 16.2 Å². The van der Waals surface area contributed by atoms with Crippen LogP contribution in [0.3, 0.4) is 0 Å². The molecule has 1 saturated carbocycles. The van der Waals surface area contributed by atoms with E-state index < -0.39 is 0 Å². The smallest absolute Gasteiger partial charge is 0.170 e. The Morgan fingerprint density at radius 2 is 1.76 bits per heavy atom. The summed E-state index contributed by atoms with van der Waals surface area (Å²) in [7, 11) is 0. The van der Waals surface area contributed by atoms with Gasteiger partial charge in [0.25, 0.3) is 0 Å². The molecule has 3 fully saturated rings. The molecule has 41 heavy (non-hydrogen) atoms. The topological polar surface area (TPSA) is 63.6 Å². The molecule has 6 rings (SSSR count). The van der Waals surface area contributed by atoms with Crippen molar-refractivity contribution in [1.29, 1.82) is 0 Å². The fraction of sp³-hybridized carbons (Fsp3) is 0.576. The lowest BCUT2D eigenvalue weighted by molar-refractivity contribution is -0.131. The zero-order chi connectivity index (χ0) is 28.6. The number of piperidine rings is 1. The van der Waals surface area contributed by atoms with Gasteiger partial charge in [-0.3, -0.25) is 9.69 Å². The molecule has 4 aliphatic rings. The summed E-state index contributed by atoms with van der Waals surface area (Å²) in [5.74, 6) is 3.07. The summed E-state index contributed by atoms with van der Waals surface area (Å²) in [6.45, 7) is 11.4. The van der Waals surface area contributed by atoms with Crippen LogP contribution < -0.4 is 9.47 Å². The minimum atomic E-state index is -0.269. The van der Waals surface area contributed by atoms with E-state index in [2.05, 4.69) is 40.9 Å². The molecule has 2 aromatic rings. The van der Waals surface area contributed by atoms with Crippen molar-refractivity contribution in [2.75, 3.05) is 39.4 Å². The number of hydrogen-bond acceptors (Lipinski definition) is 7. The van der Waals surface area contributed by atoms with Crippen LogP contribution in [0.1, 0.15) is 64.9 Å². The largest absolute Gasteiger partial charge is 0.493 e. The molecule has 1 aliphatic carbocycles. The predicted octanol–water partition coefficient (Wildman–Crippen LogP) is 6.05. The number of hydrogen-bond donors (Lipinski definition) is 0. The van der Waals surface area contributed by atoms with Crippen LogP contribution in [0.2, 0.25) is 0 Å². The number of nitrogens with zero attached hydrogens (tertiary/aromatic N) is 3. The van der Waals surface area contributed by atoms with Gasteiger partial charge in [0, 0.05) is 44.1 Å². The van der Waals surface area contributed by atoms with Crippen LogP contribution in [-0.4, -0.2) is 66.4 Å². The van der Waals surface area contributed by atoms with Crippen molar-refractivity contribution >= 4 is 11.6 Å². The summed E-state index contributed by atoms with van der Waals surface area (Å²) in [6, 6.07) is 10.7. The number of benzene rings is 2. The third-order valence-corrected chi connectivity index (χ3v) is 9.05. The van der Waals surface area contributed by atoms with Gasteiger partial charge in [0.1, 0.15) is 28.9 Å². The molecule has 3 heterocycles. The summed E-state index contributed by atoms with van der Waals surface area (Å²) in [6.07, 6.45) is 5.66. The number of carbonyl (C=O) groups excluding carboxylic acids is 1. The number of rotatable bonds is 10. The van der Waals surface area contributed by atoms with Crippen LogP contribution in [0.5, 0.6) is 11.5 Å². The maximum atomic E-state index is 13.6. The molecule has 0 atom stereocenters. The maximum absolute atomic E-state index is 13.6. The van der Waals surface area contributed by atoms with Crippen molar-refractivity contribution in [3.63, 3.8) is 0 Å². The second-order valence-electron chi connectivity index (χ2n) is 12.5. The zero-order valence-electron chi connectivity index (χ0n) is 24.6. The lowest BCUT2D eigenvalue weighted by Gasteiger charge is -2.46. The van der Waals surface area contributed by atoms with Gasteiger partial charge in [0.2, 0.25) is 0 Å². The van der Waals surface area contributed by atoms with Crippen molar-refractivity contribution in [2.45, 2.75) is 71.4 Å². The Morgan fingerprint density at radius 1 is 1.07 bits per heavy atom. The van der Waals surface area contributed by atoms with Crippen molar-refractivity contribution in [3.05, 3.63) is 47.8 Å². The lowest BCUT2D eigenvalue weighted by Crippen LogP contribution is -2.61. The minimum Gasteiger partial charge on any atom is -0.493 e. The fourth-order valence-corrected chi connectivity index (χ4v) is 6.55. The molecule has 220 valence electrons. The zero-order valence-corrected chi connectivity index (χ0v) is 24.6. The Hall–Kier alpha value is -3.13. The number of oxime groups is 1. The highest BCUT2D eigenvalue weighted by molar-refractivity contribution is 5.89. The van der Waals surface area contributed by atoms with Gasteiger partial charge in [-0.15, -0.1) is 0 Å². The molecule has 1 spiro atoms. The number of ketones is 1. The maximum Gasteiger partial charge on any atom is 0.170 e. The summed E-state index contributed by atoms with van der Waals surface area (Å²) in [4.78, 5) is 23.5. The highest BCUT2D eigenvalue weighted by Crippen LogP contribution is 2.44. The Bertz CT molecular complexity index is 1290. The van der Waals surface area contributed by atoms with Crippen molar-refractivity contribution in [2.24, 2.45) is 16.5 Å². The Morgan fingerprint density at radius 3 is 2.39 bits per heavy atom. The van der Waals surface area contributed by atoms with Crippen molar-refractivity contribution in [3.8, 4) is 22.6 Å². The predicted molar refractivity (Wildman–Crippen MR) is 157 cm³/mol. The van der Waals surface area contributed by atoms with Crippen LogP contribution >= 0.6 is 0 Å². The van der Waals surface area contributed by atoms with Gasteiger partial charge in [-0.05, 0) is 74.4 Å². The molecule has 8 heteroatoms. The summed E-state index contributed by atoms with van der Waals surface area (Å²) >= 11 is 0. The van der Waals surface area contributed by atoms with Gasteiger partial charge >= 0.3 is 0 Å². The van der Waals surface area contributed by atoms with E-state index in [1.165, 1.54) is 12.1 Å². The second-order valence-corrected chi connectivity index (χ2v) is 12.5. The van der Waals surface area contributed by atoms with Gasteiger partial charge in [-0.25, -0.2) is 4.39 Å². The molecule has 7 nitrogen and oxygen atoms in total. The van der Waals surface area contributed by atoms with Gasteiger partial charge in [-0.2, -0.15) is 0 Å². The molecular formula is C33H42FN3O4. The number of Topliss-reactive ketones (excluding diaryl/α,β-unsaturated/α-hetero) is 1. The SMILES string of the molecule is CCCOc1cc(CN2CC3(CC(N4CCC(C)(C(=O)C5CC5)CC4)=NO3)C2)cc(OCC)c1-c1ccc(F)cc1. The molecule has 0 aromatic heterocycles. The number of carbonyl (C=O) groups is 1. The van der Waals surface area contributed by atoms with Crippen LogP contribution in [0, 0.1) is 17.2 Å². The lowest BCUT2D eigenvalue weighted by atomic mass is 9.75. The van der Waals surface area contributed by atoms with E-state index in [1.54, 1.807) is 12.1 Å². The molecule has 0 amide bonds. The molecular weight excluding hydrogens is 521 g/mol. The average molecular weight is 564 g/mol. The highest BCUT2D eigenvalue weighted by Gasteiger charge is 2.51. The number of likely N-dealkylation sites (tertiary alicyclic amines) is 2. The van der Waals surface area contributed by atoms with E-state index in [-0.39, 0.29) is 16.8 Å². The molecule has 2 saturated heterocycles. The normalized spacial score (nSPS) is 21.3. The first kappa shape index (κ1) is 28.0. The van der Waals surface area contributed by atoms with Gasteiger partial charge in [-0.1, -0.05) is 31.1 Å². The van der Waals surface area contributed by atoms with Crippen molar-refractivity contribution in [1.82, 2.24) is 9.80 Å². The van der Waals surface area contributed by atoms with Gasteiger partial charge < -0.3 is 19.2 Å². The van der Waals surface area contributed by atoms with Gasteiger partial charge in [0.15, 0.2) is 5.60 Å². The van der Waals surface area contributed by atoms with Crippen molar-refractivity contribution < 1.29 is 23.5 Å². The third kappa shape index (κ3) is 5.81. The number of amidine groups is 1. The quantitative estimate of drug-likeness (QED) is 0.351. The minimum absolute atomic E-state index is 0.172. The van der Waals surface area contributed by atoms with Gasteiger partial charge in [0.05, 0.1) is 25.2 Å². The number of halogens is 1. The monoisotopic (exact) mass is 563 g/mol. The van der Waals surface area contributed by atoms with E-state index >= 15 is 0 Å². The van der Waals surface area contributed by atoms with E-state index in [4.69, 9.17) is 14.3 Å². The van der Waals surface area contributed by atoms with E-state index in [0.717, 1.165) is 105 Å². The molecule has 3 aliphatic heterocycles. The van der Waals surface area contributed by atoms with Crippen LogP contribution in [0.15, 0.2) is 41.6 Å². The van der Waals surface area contributed by atoms with Crippen LogP contribution in [0.25, 0.3) is 11.1 Å². The van der Waals surface area contributed by atoms with Crippen LogP contribution in [0.4, 0.5) is 4.39 Å². The molecule has 0 radical (unpaired) electrons. The highest BCUT2D eigenvalue weighted by atomic mass is 19.1. The Labute approximate surface area is 242 Å². The fourth-order valence-electron chi connectivity index (χ4n) is 6.55. The first-order chi connectivity index (χ1) is 19.8. The molecule has 0 N–H and O–H groups in total.